The van der Waals surface area contributed by atoms with Gasteiger partial charge >= 0.3 is 247 Å². The van der Waals surface area contributed by atoms with Gasteiger partial charge in [0.25, 0.3) is 0 Å². The van der Waals surface area contributed by atoms with Crippen LogP contribution in [0.1, 0.15) is 196 Å². The van der Waals surface area contributed by atoms with Gasteiger partial charge in [-0.05, 0) is 0 Å². The van der Waals surface area contributed by atoms with Gasteiger partial charge in [-0.2, -0.15) is 0 Å². The first kappa shape index (κ1) is 38.9. The molecule has 2 heteroatoms. The van der Waals surface area contributed by atoms with Crippen LogP contribution >= 0.6 is 13.9 Å². The molecule has 0 aliphatic heterocycles. The van der Waals surface area contributed by atoms with Gasteiger partial charge in [-0.1, -0.05) is 0 Å². The van der Waals surface area contributed by atoms with Gasteiger partial charge in [-0.15, -0.1) is 0 Å². The van der Waals surface area contributed by atoms with E-state index in [4.69, 9.17) is 0 Å². The monoisotopic (exact) mass is 575 g/mol. The fraction of sp³-hybridized carbons (Fsp3) is 1.00. The van der Waals surface area contributed by atoms with Crippen molar-refractivity contribution in [2.75, 3.05) is 37.0 Å². The predicted molar refractivity (Wildman–Crippen MR) is 191 cm³/mol. The summed E-state index contributed by atoms with van der Waals surface area (Å²) in [5.41, 5.74) is 0. The molecule has 0 bridgehead atoms. The summed E-state index contributed by atoms with van der Waals surface area (Å²) in [6.45, 7) is 12.1. The van der Waals surface area contributed by atoms with Crippen molar-refractivity contribution in [3.8, 4) is 0 Å². The summed E-state index contributed by atoms with van der Waals surface area (Å²) < 4.78 is 0. The summed E-state index contributed by atoms with van der Waals surface area (Å²) in [7, 11) is 0. The van der Waals surface area contributed by atoms with Crippen LogP contribution in [0.3, 0.4) is 0 Å². The molecular formula is C36H80P2. The summed E-state index contributed by atoms with van der Waals surface area (Å²) in [5, 5.41) is 0. The van der Waals surface area contributed by atoms with Gasteiger partial charge in [0.2, 0.25) is 0 Å². The molecule has 0 spiro atoms. The Morgan fingerprint density at radius 2 is 0.395 bits per heavy atom. The van der Waals surface area contributed by atoms with E-state index in [0.29, 0.717) is 0 Å². The van der Waals surface area contributed by atoms with Gasteiger partial charge in [0.05, 0.1) is 0 Å². The normalized spacial score (nSPS) is 13.3. The summed E-state index contributed by atoms with van der Waals surface area (Å²) in [5.74, 6) is 0. The van der Waals surface area contributed by atoms with Crippen molar-refractivity contribution in [3.63, 3.8) is 0 Å². The van der Waals surface area contributed by atoms with Crippen molar-refractivity contribution < 1.29 is 0 Å². The third kappa shape index (κ3) is 17.6. The summed E-state index contributed by atoms with van der Waals surface area (Å²) in [6.07, 6.45) is 46.3. The standard InChI is InChI=1S/C36H80P2/c1-7-13-19-22-25-28-34-38(35-29-26-23-20-14-8-2,36-30-27-24-21-15-9-3)37(31-16-10-4,32-17-11-5)33-18-12-6/h37-38H,7-36H2,1-6H3. The fourth-order valence-corrected chi connectivity index (χ4v) is 30.9. The molecule has 0 N–H and O–H groups in total. The van der Waals surface area contributed by atoms with Crippen LogP contribution in [0.5, 0.6) is 0 Å². The van der Waals surface area contributed by atoms with Crippen LogP contribution in [0.2, 0.25) is 0 Å². The molecule has 0 aromatic carbocycles. The maximum atomic E-state index is 2.48. The minimum absolute atomic E-state index is 1.23. The van der Waals surface area contributed by atoms with Gasteiger partial charge in [0, 0.05) is 0 Å². The Labute approximate surface area is 246 Å². The van der Waals surface area contributed by atoms with Crippen LogP contribution in [0, 0.1) is 0 Å². The molecule has 0 aliphatic rings. The Hall–Kier alpha value is 0.860. The molecule has 0 fully saturated rings. The zero-order valence-electron chi connectivity index (χ0n) is 28.2. The van der Waals surface area contributed by atoms with Gasteiger partial charge < -0.3 is 0 Å². The molecule has 0 aromatic heterocycles. The third-order valence-corrected chi connectivity index (χ3v) is 31.5. The Balaban J connectivity index is 5.98. The summed E-state index contributed by atoms with van der Waals surface area (Å²) in [6, 6.07) is 0. The van der Waals surface area contributed by atoms with Crippen molar-refractivity contribution in [2.45, 2.75) is 196 Å². The van der Waals surface area contributed by atoms with Crippen LogP contribution in [0.15, 0.2) is 0 Å². The molecule has 0 aromatic rings. The van der Waals surface area contributed by atoms with Crippen molar-refractivity contribution in [3.05, 3.63) is 0 Å². The van der Waals surface area contributed by atoms with E-state index < -0.39 is 13.9 Å². The van der Waals surface area contributed by atoms with E-state index in [2.05, 4.69) is 41.5 Å². The number of rotatable bonds is 31. The molecule has 234 valence electrons. The van der Waals surface area contributed by atoms with E-state index in [1.807, 2.05) is 0 Å². The van der Waals surface area contributed by atoms with E-state index in [1.165, 1.54) is 96.3 Å². The number of unbranched alkanes of at least 4 members (excludes halogenated alkanes) is 18. The molecule has 0 nitrogen and oxygen atoms in total. The Bertz CT molecular complexity index is 398. The Morgan fingerprint density at radius 1 is 0.211 bits per heavy atom. The average molecular weight is 575 g/mol. The fourth-order valence-electron chi connectivity index (χ4n) is 7.62. The molecule has 0 heterocycles. The van der Waals surface area contributed by atoms with E-state index in [-0.39, 0.29) is 0 Å². The molecule has 0 amide bonds. The number of hydrogen-bond acceptors (Lipinski definition) is 0. The SMILES string of the molecule is CCCCCCCC[PH](CCCCCCCC)(CCCCCCCC)[PH](CCCC)(CCCC)CCCC. The van der Waals surface area contributed by atoms with Gasteiger partial charge in [0.15, 0.2) is 0 Å². The molecule has 0 aliphatic carbocycles. The maximum absolute atomic E-state index is 2.48. The van der Waals surface area contributed by atoms with E-state index in [1.54, 1.807) is 94.8 Å². The van der Waals surface area contributed by atoms with Gasteiger partial charge in [-0.3, -0.25) is 0 Å². The Morgan fingerprint density at radius 3 is 0.632 bits per heavy atom. The Kier molecular flexibility index (Phi) is 28.6. The zero-order chi connectivity index (χ0) is 28.2. The first-order valence-electron chi connectivity index (χ1n) is 18.6. The van der Waals surface area contributed by atoms with Crippen molar-refractivity contribution in [2.24, 2.45) is 0 Å². The first-order chi connectivity index (χ1) is 18.6. The van der Waals surface area contributed by atoms with Gasteiger partial charge in [0.1, 0.15) is 0 Å². The third-order valence-electron chi connectivity index (χ3n) is 10.2. The molecule has 0 unspecified atom stereocenters. The molecular weight excluding hydrogens is 494 g/mol. The van der Waals surface area contributed by atoms with Crippen LogP contribution in [-0.2, 0) is 0 Å². The van der Waals surface area contributed by atoms with E-state index >= 15 is 0 Å². The zero-order valence-corrected chi connectivity index (χ0v) is 30.2. The molecule has 0 atom stereocenters. The van der Waals surface area contributed by atoms with Crippen LogP contribution < -0.4 is 0 Å². The molecule has 0 radical (unpaired) electrons. The van der Waals surface area contributed by atoms with Crippen LogP contribution in [0.4, 0.5) is 0 Å². The van der Waals surface area contributed by atoms with E-state index in [0.717, 1.165) is 0 Å². The van der Waals surface area contributed by atoms with Gasteiger partial charge in [-0.25, -0.2) is 0 Å². The second-order valence-corrected chi connectivity index (χ2v) is 27.9. The number of hydrogen-bond donors (Lipinski definition) is 0. The summed E-state index contributed by atoms with van der Waals surface area (Å²) in [4.78, 5) is 0. The molecule has 0 rings (SSSR count). The van der Waals surface area contributed by atoms with Crippen molar-refractivity contribution in [1.29, 1.82) is 0 Å². The predicted octanol–water partition coefficient (Wildman–Crippen LogP) is 13.9. The first-order valence-corrected chi connectivity index (χ1v) is 24.9. The average Bonchev–Trinajstić information content (AvgIpc) is 2.93. The second kappa shape index (κ2) is 28.0. The van der Waals surface area contributed by atoms with Crippen molar-refractivity contribution >= 4 is 13.9 Å². The minimum atomic E-state index is -1.25. The quantitative estimate of drug-likeness (QED) is 0.0570. The van der Waals surface area contributed by atoms with Crippen LogP contribution in [-0.4, -0.2) is 37.0 Å². The van der Waals surface area contributed by atoms with Crippen molar-refractivity contribution in [1.82, 2.24) is 0 Å². The second-order valence-electron chi connectivity index (χ2n) is 13.4. The topological polar surface area (TPSA) is 0 Å². The molecule has 38 heavy (non-hydrogen) atoms. The van der Waals surface area contributed by atoms with Crippen LogP contribution in [0.25, 0.3) is 0 Å². The molecule has 0 saturated heterocycles. The van der Waals surface area contributed by atoms with E-state index in [9.17, 15) is 0 Å². The summed E-state index contributed by atoms with van der Waals surface area (Å²) >= 11 is 0. The molecule has 0 saturated carbocycles.